The van der Waals surface area contributed by atoms with Crippen molar-refractivity contribution in [2.45, 2.75) is 36.8 Å². The van der Waals surface area contributed by atoms with Gasteiger partial charge in [0.25, 0.3) is 5.91 Å². The van der Waals surface area contributed by atoms with Crippen LogP contribution in [0.4, 0.5) is 17.6 Å². The quantitative estimate of drug-likeness (QED) is 0.539. The molecule has 1 aliphatic rings. The Labute approximate surface area is 181 Å². The molecule has 0 unspecified atom stereocenters. The highest BCUT2D eigenvalue weighted by molar-refractivity contribution is 8.00. The van der Waals surface area contributed by atoms with Crippen LogP contribution in [0.15, 0.2) is 41.6 Å². The van der Waals surface area contributed by atoms with Crippen LogP contribution >= 0.6 is 11.8 Å². The molecule has 1 aliphatic heterocycles. The van der Waals surface area contributed by atoms with Gasteiger partial charge in [-0.15, -0.1) is 0 Å². The molecule has 3 rings (SSSR count). The Morgan fingerprint density at radius 2 is 1.94 bits per heavy atom. The number of thioether (sulfide) groups is 1. The van der Waals surface area contributed by atoms with E-state index in [1.54, 1.807) is 19.1 Å². The number of amides is 2. The lowest BCUT2D eigenvalue weighted by Crippen LogP contribution is -2.43. The Hall–Kier alpha value is -2.62. The first-order valence-corrected chi connectivity index (χ1v) is 10.5. The van der Waals surface area contributed by atoms with Gasteiger partial charge in [0.05, 0.1) is 5.56 Å². The van der Waals surface area contributed by atoms with Crippen LogP contribution in [0.2, 0.25) is 0 Å². The van der Waals surface area contributed by atoms with Crippen molar-refractivity contribution in [1.82, 2.24) is 15.2 Å². The van der Waals surface area contributed by atoms with Crippen molar-refractivity contribution in [3.8, 4) is 0 Å². The number of hydrogen-bond donors (Lipinski definition) is 1. The zero-order chi connectivity index (χ0) is 22.6. The minimum atomic E-state index is -4.55. The van der Waals surface area contributed by atoms with Gasteiger partial charge in [0.2, 0.25) is 5.91 Å². The van der Waals surface area contributed by atoms with Crippen molar-refractivity contribution >= 4 is 23.6 Å². The highest BCUT2D eigenvalue weighted by atomic mass is 32.2. The van der Waals surface area contributed by atoms with Crippen LogP contribution in [-0.4, -0.2) is 40.3 Å². The van der Waals surface area contributed by atoms with Crippen LogP contribution in [0.1, 0.15) is 34.3 Å². The zero-order valence-corrected chi connectivity index (χ0v) is 17.5. The van der Waals surface area contributed by atoms with E-state index in [2.05, 4.69) is 10.3 Å². The fourth-order valence-electron chi connectivity index (χ4n) is 3.34. The average Bonchev–Trinajstić information content (AvgIpc) is 2.73. The number of nitrogens with one attached hydrogen (secondary N) is 1. The molecule has 1 aromatic heterocycles. The van der Waals surface area contributed by atoms with Gasteiger partial charge >= 0.3 is 5.51 Å². The summed E-state index contributed by atoms with van der Waals surface area (Å²) < 4.78 is 51.8. The molecule has 1 fully saturated rings. The molecule has 1 saturated heterocycles. The standard InChI is InChI=1S/C21H21F4N3O2S/c1-13-4-5-14(11-17(13)22)12-27-18(29)15-6-9-28(10-7-15)20(30)16-3-2-8-26-19(16)31-21(23,24)25/h2-5,8,11,15H,6-7,9-10,12H2,1H3,(H,27,29). The third-order valence-electron chi connectivity index (χ3n) is 5.07. The third-order valence-corrected chi connectivity index (χ3v) is 5.82. The first kappa shape index (κ1) is 23.1. The van der Waals surface area contributed by atoms with Crippen molar-refractivity contribution in [2.75, 3.05) is 13.1 Å². The van der Waals surface area contributed by atoms with E-state index in [1.807, 2.05) is 0 Å². The highest BCUT2D eigenvalue weighted by Gasteiger charge is 2.34. The Bertz CT molecular complexity index is 960. The number of likely N-dealkylation sites (tertiary alicyclic amines) is 1. The maximum atomic E-state index is 13.6. The third kappa shape index (κ3) is 6.19. The summed E-state index contributed by atoms with van der Waals surface area (Å²) in [5.41, 5.74) is -3.48. The molecule has 31 heavy (non-hydrogen) atoms. The number of hydrogen-bond acceptors (Lipinski definition) is 4. The number of alkyl halides is 3. The van der Waals surface area contributed by atoms with Gasteiger partial charge in [-0.1, -0.05) is 12.1 Å². The molecular formula is C21H21F4N3O2S. The van der Waals surface area contributed by atoms with Gasteiger partial charge in [-0.25, -0.2) is 9.37 Å². The molecule has 0 spiro atoms. The maximum absolute atomic E-state index is 13.6. The summed E-state index contributed by atoms with van der Waals surface area (Å²) in [4.78, 5) is 30.3. The van der Waals surface area contributed by atoms with Gasteiger partial charge in [0.1, 0.15) is 10.8 Å². The van der Waals surface area contributed by atoms with Crippen LogP contribution in [0.25, 0.3) is 0 Å². The Kier molecular flexibility index (Phi) is 7.19. The molecule has 2 amide bonds. The van der Waals surface area contributed by atoms with Crippen molar-refractivity contribution in [2.24, 2.45) is 5.92 Å². The molecule has 2 heterocycles. The summed E-state index contributed by atoms with van der Waals surface area (Å²) in [6, 6.07) is 7.50. The highest BCUT2D eigenvalue weighted by Crippen LogP contribution is 2.37. The molecule has 5 nitrogen and oxygen atoms in total. The molecule has 0 saturated carbocycles. The summed E-state index contributed by atoms with van der Waals surface area (Å²) in [7, 11) is 0. The number of nitrogens with zero attached hydrogens (tertiary/aromatic N) is 2. The first-order valence-electron chi connectivity index (χ1n) is 9.67. The Balaban J connectivity index is 1.55. The number of halogens is 4. The van der Waals surface area contributed by atoms with Crippen molar-refractivity contribution in [3.05, 3.63) is 59.0 Å². The fourth-order valence-corrected chi connectivity index (χ4v) is 3.94. The van der Waals surface area contributed by atoms with E-state index in [9.17, 15) is 27.2 Å². The predicted octanol–water partition coefficient (Wildman–Crippen LogP) is 4.31. The zero-order valence-electron chi connectivity index (χ0n) is 16.7. The van der Waals surface area contributed by atoms with Gasteiger partial charge in [-0.3, -0.25) is 9.59 Å². The molecule has 0 atom stereocenters. The van der Waals surface area contributed by atoms with E-state index in [1.165, 1.54) is 29.3 Å². The topological polar surface area (TPSA) is 62.3 Å². The summed E-state index contributed by atoms with van der Waals surface area (Å²) in [5, 5.41) is 2.39. The summed E-state index contributed by atoms with van der Waals surface area (Å²) >= 11 is -0.418. The molecule has 1 aromatic carbocycles. The van der Waals surface area contributed by atoms with Crippen LogP contribution in [-0.2, 0) is 11.3 Å². The molecule has 0 bridgehead atoms. The SMILES string of the molecule is Cc1ccc(CNC(=O)C2CCN(C(=O)c3cccnc3SC(F)(F)F)CC2)cc1F. The first-order chi connectivity index (χ1) is 14.6. The smallest absolute Gasteiger partial charge is 0.352 e. The molecule has 0 aliphatic carbocycles. The second-order valence-corrected chi connectivity index (χ2v) is 8.33. The molecule has 1 N–H and O–H groups in total. The summed E-state index contributed by atoms with van der Waals surface area (Å²) in [6.45, 7) is 2.36. The number of pyridine rings is 1. The molecule has 166 valence electrons. The van der Waals surface area contributed by atoms with E-state index in [0.29, 0.717) is 24.0 Å². The predicted molar refractivity (Wildman–Crippen MR) is 108 cm³/mol. The summed E-state index contributed by atoms with van der Waals surface area (Å²) in [5.74, 6) is -1.38. The van der Waals surface area contributed by atoms with Crippen molar-refractivity contribution < 1.29 is 27.2 Å². The normalized spacial score (nSPS) is 15.1. The number of benzene rings is 1. The van der Waals surface area contributed by atoms with Crippen molar-refractivity contribution in [3.63, 3.8) is 0 Å². The van der Waals surface area contributed by atoms with Crippen molar-refractivity contribution in [1.29, 1.82) is 0 Å². The van der Waals surface area contributed by atoms with E-state index < -0.39 is 23.2 Å². The number of aromatic nitrogens is 1. The summed E-state index contributed by atoms with van der Waals surface area (Å²) in [6.07, 6.45) is 1.99. The van der Waals surface area contributed by atoms with Crippen LogP contribution in [0, 0.1) is 18.7 Å². The van der Waals surface area contributed by atoms with Gasteiger partial charge in [0.15, 0.2) is 0 Å². The van der Waals surface area contributed by atoms with Gasteiger partial charge < -0.3 is 10.2 Å². The Morgan fingerprint density at radius 3 is 2.58 bits per heavy atom. The van der Waals surface area contributed by atoms with Crippen LogP contribution in [0.5, 0.6) is 0 Å². The van der Waals surface area contributed by atoms with Gasteiger partial charge in [-0.2, -0.15) is 13.2 Å². The number of rotatable bonds is 5. The van der Waals surface area contributed by atoms with E-state index >= 15 is 0 Å². The molecule has 0 radical (unpaired) electrons. The second-order valence-electron chi connectivity index (χ2n) is 7.27. The number of piperidine rings is 1. The fraction of sp³-hybridized carbons (Fsp3) is 0.381. The van der Waals surface area contributed by atoms with E-state index in [4.69, 9.17) is 0 Å². The molecule has 2 aromatic rings. The monoisotopic (exact) mass is 455 g/mol. The maximum Gasteiger partial charge on any atom is 0.447 e. The average molecular weight is 455 g/mol. The van der Waals surface area contributed by atoms with Gasteiger partial charge in [-0.05, 0) is 49.1 Å². The minimum absolute atomic E-state index is 0.103. The van der Waals surface area contributed by atoms with Crippen LogP contribution < -0.4 is 5.32 Å². The Morgan fingerprint density at radius 1 is 1.23 bits per heavy atom. The lowest BCUT2D eigenvalue weighted by atomic mass is 9.95. The largest absolute Gasteiger partial charge is 0.447 e. The van der Waals surface area contributed by atoms with E-state index in [-0.39, 0.29) is 47.9 Å². The molecule has 10 heteroatoms. The second kappa shape index (κ2) is 9.67. The van der Waals surface area contributed by atoms with Gasteiger partial charge in [0, 0.05) is 43.5 Å². The minimum Gasteiger partial charge on any atom is -0.352 e. The molecular weight excluding hydrogens is 434 g/mol. The number of aryl methyl sites for hydroxylation is 1. The number of carbonyl (C=O) groups is 2. The van der Waals surface area contributed by atoms with Crippen LogP contribution in [0.3, 0.4) is 0 Å². The van der Waals surface area contributed by atoms with E-state index in [0.717, 1.165) is 0 Å². The lowest BCUT2D eigenvalue weighted by Gasteiger charge is -2.31. The number of carbonyl (C=O) groups excluding carboxylic acids is 2. The lowest BCUT2D eigenvalue weighted by molar-refractivity contribution is -0.126.